The van der Waals surface area contributed by atoms with Crippen LogP contribution in [-0.4, -0.2) is 51.8 Å². The smallest absolute Gasteiger partial charge is 0.303 e. The zero-order valence-corrected chi connectivity index (χ0v) is 15.9. The lowest BCUT2D eigenvalue weighted by Gasteiger charge is -2.36. The van der Waals surface area contributed by atoms with E-state index in [1.807, 2.05) is 36.1 Å². The first kappa shape index (κ1) is 19.4. The topological polar surface area (TPSA) is 77.9 Å². The van der Waals surface area contributed by atoms with Gasteiger partial charge in [-0.05, 0) is 44.1 Å². The SMILES string of the molecule is Cc1ccc(CN2C(=O)CC[C@H]2C(=O)N2CCC[C@@H](CCC(=O)O)C2)cc1. The summed E-state index contributed by atoms with van der Waals surface area (Å²) >= 11 is 0. The molecular formula is C21H28N2O4. The van der Waals surface area contributed by atoms with Gasteiger partial charge in [-0.2, -0.15) is 0 Å². The van der Waals surface area contributed by atoms with Gasteiger partial charge in [0.1, 0.15) is 6.04 Å². The molecule has 1 N–H and O–H groups in total. The monoisotopic (exact) mass is 372 g/mol. The fourth-order valence-corrected chi connectivity index (χ4v) is 4.12. The number of amides is 2. The Bertz CT molecular complexity index is 701. The molecule has 6 heteroatoms. The van der Waals surface area contributed by atoms with Gasteiger partial charge in [0, 0.05) is 32.5 Å². The van der Waals surface area contributed by atoms with E-state index in [-0.39, 0.29) is 24.2 Å². The first-order chi connectivity index (χ1) is 12.9. The molecule has 0 bridgehead atoms. The van der Waals surface area contributed by atoms with Crippen LogP contribution >= 0.6 is 0 Å². The van der Waals surface area contributed by atoms with Crippen molar-refractivity contribution >= 4 is 17.8 Å². The molecule has 1 aromatic carbocycles. The standard InChI is InChI=1S/C21H28N2O4/c1-15-4-6-17(7-5-15)14-23-18(9-10-19(23)24)21(27)22-12-2-3-16(13-22)8-11-20(25)26/h4-7,16,18H,2-3,8-14H2,1H3,(H,25,26)/t16-,18-/m0/s1. The molecule has 2 saturated heterocycles. The van der Waals surface area contributed by atoms with Crippen LogP contribution in [-0.2, 0) is 20.9 Å². The van der Waals surface area contributed by atoms with Crippen molar-refractivity contribution in [2.75, 3.05) is 13.1 Å². The van der Waals surface area contributed by atoms with Crippen molar-refractivity contribution in [1.29, 1.82) is 0 Å². The van der Waals surface area contributed by atoms with Gasteiger partial charge in [-0.25, -0.2) is 0 Å². The number of piperidine rings is 1. The molecule has 0 unspecified atom stereocenters. The fourth-order valence-electron chi connectivity index (χ4n) is 4.12. The van der Waals surface area contributed by atoms with E-state index in [1.54, 1.807) is 4.90 Å². The molecule has 2 aliphatic rings. The van der Waals surface area contributed by atoms with Gasteiger partial charge < -0.3 is 14.9 Å². The van der Waals surface area contributed by atoms with Crippen molar-refractivity contribution in [3.8, 4) is 0 Å². The van der Waals surface area contributed by atoms with Crippen LogP contribution in [0.5, 0.6) is 0 Å². The summed E-state index contributed by atoms with van der Waals surface area (Å²) in [5.74, 6) is -0.494. The van der Waals surface area contributed by atoms with Crippen molar-refractivity contribution in [3.05, 3.63) is 35.4 Å². The van der Waals surface area contributed by atoms with Crippen molar-refractivity contribution in [1.82, 2.24) is 9.80 Å². The maximum atomic E-state index is 13.1. The lowest BCUT2D eigenvalue weighted by atomic mass is 9.93. The number of hydrogen-bond acceptors (Lipinski definition) is 3. The Morgan fingerprint density at radius 3 is 2.63 bits per heavy atom. The van der Waals surface area contributed by atoms with Crippen LogP contribution < -0.4 is 0 Å². The molecule has 3 rings (SSSR count). The van der Waals surface area contributed by atoms with E-state index >= 15 is 0 Å². The summed E-state index contributed by atoms with van der Waals surface area (Å²) in [5, 5.41) is 8.89. The number of aryl methyl sites for hydroxylation is 1. The molecule has 2 aliphatic heterocycles. The quantitative estimate of drug-likeness (QED) is 0.833. The number of aliphatic carboxylic acids is 1. The summed E-state index contributed by atoms with van der Waals surface area (Å²) < 4.78 is 0. The molecule has 2 fully saturated rings. The number of carboxylic acid groups (broad SMARTS) is 1. The summed E-state index contributed by atoms with van der Waals surface area (Å²) in [4.78, 5) is 39.9. The van der Waals surface area contributed by atoms with Gasteiger partial charge in [0.2, 0.25) is 11.8 Å². The second kappa shape index (κ2) is 8.55. The average molecular weight is 372 g/mol. The maximum Gasteiger partial charge on any atom is 0.303 e. The van der Waals surface area contributed by atoms with Crippen LogP contribution in [0.1, 0.15) is 49.7 Å². The molecule has 1 aromatic rings. The van der Waals surface area contributed by atoms with E-state index in [0.717, 1.165) is 18.4 Å². The highest BCUT2D eigenvalue weighted by atomic mass is 16.4. The number of hydrogen-bond donors (Lipinski definition) is 1. The van der Waals surface area contributed by atoms with Gasteiger partial charge in [0.05, 0.1) is 0 Å². The highest BCUT2D eigenvalue weighted by Gasteiger charge is 2.39. The molecule has 2 heterocycles. The van der Waals surface area contributed by atoms with E-state index in [4.69, 9.17) is 5.11 Å². The second-order valence-corrected chi connectivity index (χ2v) is 7.79. The van der Waals surface area contributed by atoms with E-state index < -0.39 is 12.0 Å². The second-order valence-electron chi connectivity index (χ2n) is 7.79. The van der Waals surface area contributed by atoms with E-state index in [1.165, 1.54) is 5.56 Å². The third kappa shape index (κ3) is 4.87. The molecule has 6 nitrogen and oxygen atoms in total. The Morgan fingerprint density at radius 1 is 1.19 bits per heavy atom. The molecule has 0 aliphatic carbocycles. The van der Waals surface area contributed by atoms with Gasteiger partial charge in [-0.3, -0.25) is 14.4 Å². The highest BCUT2D eigenvalue weighted by molar-refractivity contribution is 5.91. The predicted octanol–water partition coefficient (Wildman–Crippen LogP) is 2.59. The van der Waals surface area contributed by atoms with Gasteiger partial charge in [0.15, 0.2) is 0 Å². The van der Waals surface area contributed by atoms with Crippen LogP contribution in [0.15, 0.2) is 24.3 Å². The number of benzene rings is 1. The summed E-state index contributed by atoms with van der Waals surface area (Å²) in [6, 6.07) is 7.66. The summed E-state index contributed by atoms with van der Waals surface area (Å²) in [6.07, 6.45) is 3.60. The average Bonchev–Trinajstić information content (AvgIpc) is 3.02. The first-order valence-corrected chi connectivity index (χ1v) is 9.79. The van der Waals surface area contributed by atoms with E-state index in [2.05, 4.69) is 0 Å². The molecule has 146 valence electrons. The van der Waals surface area contributed by atoms with Crippen molar-refractivity contribution in [3.63, 3.8) is 0 Å². The van der Waals surface area contributed by atoms with Gasteiger partial charge in [-0.1, -0.05) is 29.8 Å². The molecular weight excluding hydrogens is 344 g/mol. The summed E-state index contributed by atoms with van der Waals surface area (Å²) in [5.41, 5.74) is 2.20. The fraction of sp³-hybridized carbons (Fsp3) is 0.571. The normalized spacial score (nSPS) is 22.9. The lowest BCUT2D eigenvalue weighted by molar-refractivity contribution is -0.143. The van der Waals surface area contributed by atoms with Crippen LogP contribution in [0.2, 0.25) is 0 Å². The zero-order valence-electron chi connectivity index (χ0n) is 15.9. The highest BCUT2D eigenvalue weighted by Crippen LogP contribution is 2.27. The van der Waals surface area contributed by atoms with E-state index in [0.29, 0.717) is 38.9 Å². The Hall–Kier alpha value is -2.37. The molecule has 2 atom stereocenters. The third-order valence-corrected chi connectivity index (χ3v) is 5.68. The Balaban J connectivity index is 1.64. The number of carboxylic acids is 1. The number of rotatable bonds is 6. The number of likely N-dealkylation sites (tertiary alicyclic amines) is 2. The number of nitrogens with zero attached hydrogens (tertiary/aromatic N) is 2. The van der Waals surface area contributed by atoms with Crippen LogP contribution in [0, 0.1) is 12.8 Å². The molecule has 0 aromatic heterocycles. The molecule has 0 radical (unpaired) electrons. The minimum Gasteiger partial charge on any atom is -0.481 e. The van der Waals surface area contributed by atoms with Gasteiger partial charge in [-0.15, -0.1) is 0 Å². The minimum atomic E-state index is -0.788. The zero-order chi connectivity index (χ0) is 19.4. The van der Waals surface area contributed by atoms with Gasteiger partial charge >= 0.3 is 5.97 Å². The van der Waals surface area contributed by atoms with Crippen LogP contribution in [0.3, 0.4) is 0 Å². The predicted molar refractivity (Wildman–Crippen MR) is 101 cm³/mol. The Kier molecular flexibility index (Phi) is 6.14. The lowest BCUT2D eigenvalue weighted by Crippen LogP contribution is -2.49. The first-order valence-electron chi connectivity index (χ1n) is 9.79. The number of carbonyl (C=O) groups excluding carboxylic acids is 2. The minimum absolute atomic E-state index is 0.0213. The summed E-state index contributed by atoms with van der Waals surface area (Å²) in [6.45, 7) is 3.79. The van der Waals surface area contributed by atoms with Crippen LogP contribution in [0.4, 0.5) is 0 Å². The molecule has 0 saturated carbocycles. The Labute approximate surface area is 160 Å². The van der Waals surface area contributed by atoms with Crippen molar-refractivity contribution in [2.24, 2.45) is 5.92 Å². The van der Waals surface area contributed by atoms with E-state index in [9.17, 15) is 14.4 Å². The Morgan fingerprint density at radius 2 is 1.93 bits per heavy atom. The maximum absolute atomic E-state index is 13.1. The largest absolute Gasteiger partial charge is 0.481 e. The van der Waals surface area contributed by atoms with Crippen LogP contribution in [0.25, 0.3) is 0 Å². The molecule has 27 heavy (non-hydrogen) atoms. The summed E-state index contributed by atoms with van der Waals surface area (Å²) in [7, 11) is 0. The van der Waals surface area contributed by atoms with Crippen molar-refractivity contribution in [2.45, 2.75) is 58.0 Å². The van der Waals surface area contributed by atoms with Gasteiger partial charge in [0.25, 0.3) is 0 Å². The number of carbonyl (C=O) groups is 3. The molecule has 0 spiro atoms. The van der Waals surface area contributed by atoms with Crippen molar-refractivity contribution < 1.29 is 19.5 Å². The third-order valence-electron chi connectivity index (χ3n) is 5.68. The molecule has 2 amide bonds.